The summed E-state index contributed by atoms with van der Waals surface area (Å²) in [6, 6.07) is 4.89. The highest BCUT2D eigenvalue weighted by atomic mass is 16.7. The van der Waals surface area contributed by atoms with Crippen LogP contribution in [-0.2, 0) is 52.5 Å². The second-order valence-corrected chi connectivity index (χ2v) is 8.55. The van der Waals surface area contributed by atoms with Crippen LogP contribution in [0.2, 0.25) is 0 Å². The van der Waals surface area contributed by atoms with Crippen LogP contribution in [0.25, 0.3) is 6.08 Å². The van der Waals surface area contributed by atoms with E-state index in [2.05, 4.69) is 0 Å². The number of hydrogen-bond acceptors (Lipinski definition) is 13. The lowest BCUT2D eigenvalue weighted by Gasteiger charge is -2.43. The lowest BCUT2D eigenvalue weighted by Crippen LogP contribution is -2.63. The van der Waals surface area contributed by atoms with Gasteiger partial charge >= 0.3 is 29.9 Å². The maximum atomic E-state index is 12.0. The van der Waals surface area contributed by atoms with Crippen molar-refractivity contribution in [2.24, 2.45) is 0 Å². The molecule has 214 valence electrons. The Morgan fingerprint density at radius 1 is 0.775 bits per heavy atom. The third-order valence-corrected chi connectivity index (χ3v) is 5.33. The molecule has 0 saturated carbocycles. The predicted molar refractivity (Wildman–Crippen MR) is 129 cm³/mol. The maximum absolute atomic E-state index is 12.0. The van der Waals surface area contributed by atoms with Gasteiger partial charge in [-0.2, -0.15) is 0 Å². The minimum Gasteiger partial charge on any atom is -0.463 e. The standard InChI is InChI=1S/C25H26N2O13/c1-11(28)35-10-18-19(36-12(2)29)20(37-13(3)30)21(38-14(4)31)24(40-18)39-16-7-5-15(6-8-16)9-17-22(32)26-25(34)27-23(17)33/h5-9,18-21,24H,10H2,1-4H3,(H2,26,27,32,33,34)/t18-,19-,20-,21-,24-/m1/s1. The summed E-state index contributed by atoms with van der Waals surface area (Å²) in [5.41, 5.74) is 0.0939. The highest BCUT2D eigenvalue weighted by Gasteiger charge is 2.53. The van der Waals surface area contributed by atoms with E-state index in [0.29, 0.717) is 5.56 Å². The number of esters is 4. The summed E-state index contributed by atoms with van der Waals surface area (Å²) in [6.45, 7) is 4.03. The Labute approximate surface area is 227 Å². The minimum atomic E-state index is -1.44. The number of carbonyl (C=O) groups is 7. The fourth-order valence-electron chi connectivity index (χ4n) is 3.83. The van der Waals surface area contributed by atoms with Crippen molar-refractivity contribution < 1.29 is 62.0 Å². The van der Waals surface area contributed by atoms with Crippen LogP contribution in [0.15, 0.2) is 29.8 Å². The summed E-state index contributed by atoms with van der Waals surface area (Å²) in [5, 5.41) is 3.92. The molecule has 2 aliphatic rings. The van der Waals surface area contributed by atoms with E-state index in [1.807, 2.05) is 10.6 Å². The molecule has 0 aliphatic carbocycles. The molecule has 15 heteroatoms. The molecule has 0 radical (unpaired) electrons. The van der Waals surface area contributed by atoms with Gasteiger partial charge < -0.3 is 28.4 Å². The summed E-state index contributed by atoms with van der Waals surface area (Å²) in [4.78, 5) is 82.3. The van der Waals surface area contributed by atoms with Crippen molar-refractivity contribution in [2.75, 3.05) is 6.61 Å². The SMILES string of the molecule is CC(=O)OC[C@H]1O[C@@H](Oc2ccc(C=C3C(=O)NC(=O)NC3=O)cc2)[C@H](OC(C)=O)[C@H](OC(C)=O)[C@@H]1OC(C)=O. The Morgan fingerprint density at radius 3 is 1.82 bits per heavy atom. The fraction of sp³-hybridized carbons (Fsp3) is 0.400. The zero-order valence-corrected chi connectivity index (χ0v) is 21.8. The van der Waals surface area contributed by atoms with Gasteiger partial charge in [-0.05, 0) is 23.8 Å². The van der Waals surface area contributed by atoms with Crippen LogP contribution in [0.4, 0.5) is 4.79 Å². The molecule has 3 rings (SSSR count). The number of ether oxygens (including phenoxy) is 6. The number of nitrogens with one attached hydrogen (secondary N) is 2. The van der Waals surface area contributed by atoms with Crippen molar-refractivity contribution in [1.29, 1.82) is 0 Å². The van der Waals surface area contributed by atoms with Crippen LogP contribution >= 0.6 is 0 Å². The van der Waals surface area contributed by atoms with E-state index in [4.69, 9.17) is 28.4 Å². The zero-order valence-electron chi connectivity index (χ0n) is 21.8. The summed E-state index contributed by atoms with van der Waals surface area (Å²) in [5.74, 6) is -4.60. The molecule has 5 atom stereocenters. The normalized spacial score (nSPS) is 24.1. The van der Waals surface area contributed by atoms with Crippen LogP contribution in [0.5, 0.6) is 5.75 Å². The molecule has 2 saturated heterocycles. The van der Waals surface area contributed by atoms with Gasteiger partial charge in [-0.25, -0.2) is 4.79 Å². The van der Waals surface area contributed by atoms with Gasteiger partial charge in [0.05, 0.1) is 0 Å². The summed E-state index contributed by atoms with van der Waals surface area (Å²) in [6.07, 6.45) is -5.55. The molecule has 2 aliphatic heterocycles. The van der Waals surface area contributed by atoms with Gasteiger partial charge in [0.1, 0.15) is 24.0 Å². The lowest BCUT2D eigenvalue weighted by atomic mass is 9.98. The average Bonchev–Trinajstić information content (AvgIpc) is 2.84. The van der Waals surface area contributed by atoms with E-state index in [1.165, 1.54) is 30.3 Å². The molecule has 4 amide bonds. The Morgan fingerprint density at radius 2 is 1.30 bits per heavy atom. The maximum Gasteiger partial charge on any atom is 0.328 e. The third kappa shape index (κ3) is 7.86. The number of barbiturate groups is 1. The quantitative estimate of drug-likeness (QED) is 0.184. The molecule has 1 aromatic carbocycles. The molecule has 0 aromatic heterocycles. The number of hydrogen-bond donors (Lipinski definition) is 2. The molecule has 15 nitrogen and oxygen atoms in total. The van der Waals surface area contributed by atoms with Gasteiger partial charge in [0, 0.05) is 27.7 Å². The molecule has 0 unspecified atom stereocenters. The van der Waals surface area contributed by atoms with E-state index < -0.39 is 79.0 Å². The first-order valence-electron chi connectivity index (χ1n) is 11.8. The van der Waals surface area contributed by atoms with Crippen molar-refractivity contribution in [3.63, 3.8) is 0 Å². The lowest BCUT2D eigenvalue weighted by molar-refractivity contribution is -0.288. The molecule has 2 fully saturated rings. The zero-order chi connectivity index (χ0) is 29.6. The Bertz CT molecular complexity index is 1220. The van der Waals surface area contributed by atoms with Gasteiger partial charge in [-0.3, -0.25) is 39.4 Å². The summed E-state index contributed by atoms with van der Waals surface area (Å²) < 4.78 is 32.8. The first kappa shape index (κ1) is 29.8. The van der Waals surface area contributed by atoms with Crippen molar-refractivity contribution in [3.05, 3.63) is 35.4 Å². The van der Waals surface area contributed by atoms with E-state index in [0.717, 1.165) is 27.7 Å². The number of carbonyl (C=O) groups excluding carboxylic acids is 7. The second kappa shape index (κ2) is 12.8. The molecule has 0 bridgehead atoms. The van der Waals surface area contributed by atoms with E-state index in [9.17, 15) is 33.6 Å². The largest absolute Gasteiger partial charge is 0.463 e. The summed E-state index contributed by atoms with van der Waals surface area (Å²) in [7, 11) is 0. The molecule has 2 heterocycles. The Balaban J connectivity index is 1.90. The highest BCUT2D eigenvalue weighted by Crippen LogP contribution is 2.31. The first-order valence-corrected chi connectivity index (χ1v) is 11.8. The average molecular weight is 562 g/mol. The minimum absolute atomic E-state index is 0.149. The van der Waals surface area contributed by atoms with E-state index in [-0.39, 0.29) is 11.3 Å². The van der Waals surface area contributed by atoms with Crippen LogP contribution in [0, 0.1) is 0 Å². The Hall–Kier alpha value is -4.79. The van der Waals surface area contributed by atoms with Gasteiger partial charge in [-0.15, -0.1) is 0 Å². The van der Waals surface area contributed by atoms with Crippen molar-refractivity contribution >= 4 is 47.8 Å². The number of amides is 4. The number of imide groups is 2. The molecular weight excluding hydrogens is 536 g/mol. The molecular formula is C25H26N2O13. The second-order valence-electron chi connectivity index (χ2n) is 8.55. The van der Waals surface area contributed by atoms with Crippen LogP contribution < -0.4 is 15.4 Å². The number of urea groups is 1. The van der Waals surface area contributed by atoms with Crippen LogP contribution in [0.3, 0.4) is 0 Å². The van der Waals surface area contributed by atoms with Gasteiger partial charge in [0.25, 0.3) is 11.8 Å². The smallest absolute Gasteiger partial charge is 0.328 e. The van der Waals surface area contributed by atoms with Gasteiger partial charge in [0.2, 0.25) is 12.4 Å². The third-order valence-electron chi connectivity index (χ3n) is 5.33. The van der Waals surface area contributed by atoms with Crippen LogP contribution in [0.1, 0.15) is 33.3 Å². The van der Waals surface area contributed by atoms with E-state index >= 15 is 0 Å². The van der Waals surface area contributed by atoms with Crippen LogP contribution in [-0.4, -0.2) is 79.0 Å². The Kier molecular flexibility index (Phi) is 9.55. The monoisotopic (exact) mass is 562 g/mol. The van der Waals surface area contributed by atoms with Crippen molar-refractivity contribution in [2.45, 2.75) is 58.4 Å². The molecule has 40 heavy (non-hydrogen) atoms. The molecule has 2 N–H and O–H groups in total. The van der Waals surface area contributed by atoms with Gasteiger partial charge in [-0.1, -0.05) is 12.1 Å². The molecule has 0 spiro atoms. The fourth-order valence-corrected chi connectivity index (χ4v) is 3.83. The first-order chi connectivity index (χ1) is 18.8. The highest BCUT2D eigenvalue weighted by molar-refractivity contribution is 6.31. The predicted octanol–water partition coefficient (Wildman–Crippen LogP) is -0.102. The molecule has 1 aromatic rings. The number of benzene rings is 1. The van der Waals surface area contributed by atoms with Crippen molar-refractivity contribution in [3.8, 4) is 5.75 Å². The topological polar surface area (TPSA) is 199 Å². The van der Waals surface area contributed by atoms with E-state index in [1.54, 1.807) is 0 Å². The summed E-state index contributed by atoms with van der Waals surface area (Å²) >= 11 is 0. The number of rotatable bonds is 8. The van der Waals surface area contributed by atoms with Crippen molar-refractivity contribution in [1.82, 2.24) is 10.6 Å². The van der Waals surface area contributed by atoms with Gasteiger partial charge in [0.15, 0.2) is 12.2 Å².